The Kier molecular flexibility index (Phi) is 2.60. The Hall–Kier alpha value is -1.06. The highest BCUT2D eigenvalue weighted by Crippen LogP contribution is 2.44. The molecule has 0 radical (unpaired) electrons. The molecule has 4 heteroatoms. The van der Waals surface area contributed by atoms with Crippen LogP contribution in [0, 0.1) is 5.41 Å². The van der Waals surface area contributed by atoms with Crippen molar-refractivity contribution in [2.75, 3.05) is 6.54 Å². The van der Waals surface area contributed by atoms with Crippen molar-refractivity contribution in [3.8, 4) is 0 Å². The van der Waals surface area contributed by atoms with Gasteiger partial charge in [-0.3, -0.25) is 0 Å². The first-order chi connectivity index (χ1) is 8.15. The van der Waals surface area contributed by atoms with Crippen LogP contribution in [0.25, 0.3) is 5.65 Å². The van der Waals surface area contributed by atoms with Crippen molar-refractivity contribution in [3.05, 3.63) is 35.2 Å². The van der Waals surface area contributed by atoms with Crippen LogP contribution in [0.5, 0.6) is 0 Å². The molecule has 1 aliphatic carbocycles. The summed E-state index contributed by atoms with van der Waals surface area (Å²) < 4.78 is 1.97. The van der Waals surface area contributed by atoms with Crippen molar-refractivity contribution in [2.24, 2.45) is 5.41 Å². The molecule has 3 nitrogen and oxygen atoms in total. The highest BCUT2D eigenvalue weighted by Gasteiger charge is 2.36. The fraction of sp³-hybridized carbons (Fsp3) is 0.462. The van der Waals surface area contributed by atoms with Crippen LogP contribution in [0.15, 0.2) is 24.5 Å². The lowest BCUT2D eigenvalue weighted by Gasteiger charge is -2.07. The summed E-state index contributed by atoms with van der Waals surface area (Å²) in [4.78, 5) is 4.54. The lowest BCUT2D eigenvalue weighted by molar-refractivity contribution is 0.497. The summed E-state index contributed by atoms with van der Waals surface area (Å²) in [7, 11) is 0. The van der Waals surface area contributed by atoms with Gasteiger partial charge in [0.25, 0.3) is 0 Å². The molecule has 0 aliphatic heterocycles. The molecular weight excluding hydrogens is 234 g/mol. The summed E-state index contributed by atoms with van der Waals surface area (Å²) in [5.41, 5.74) is 2.56. The highest BCUT2D eigenvalue weighted by molar-refractivity contribution is 6.30. The Morgan fingerprint density at radius 3 is 3.00 bits per heavy atom. The van der Waals surface area contributed by atoms with Crippen LogP contribution in [0.1, 0.15) is 25.5 Å². The quantitative estimate of drug-likeness (QED) is 0.903. The maximum atomic E-state index is 5.94. The van der Waals surface area contributed by atoms with Gasteiger partial charge in [0.05, 0.1) is 10.7 Å². The molecule has 1 saturated carbocycles. The third-order valence-electron chi connectivity index (χ3n) is 3.43. The number of halogens is 1. The minimum atomic E-state index is 0.544. The van der Waals surface area contributed by atoms with Gasteiger partial charge in [-0.05, 0) is 30.4 Å². The van der Waals surface area contributed by atoms with Crippen LogP contribution in [0.4, 0.5) is 0 Å². The van der Waals surface area contributed by atoms with Gasteiger partial charge in [0.2, 0.25) is 0 Å². The van der Waals surface area contributed by atoms with Crippen LogP contribution in [0.2, 0.25) is 5.02 Å². The molecule has 2 aromatic rings. The molecule has 0 amide bonds. The Labute approximate surface area is 106 Å². The molecule has 1 aliphatic rings. The van der Waals surface area contributed by atoms with Crippen LogP contribution < -0.4 is 5.32 Å². The van der Waals surface area contributed by atoms with E-state index >= 15 is 0 Å². The summed E-state index contributed by atoms with van der Waals surface area (Å²) in [6, 6.07) is 3.81. The first-order valence-corrected chi connectivity index (χ1v) is 6.36. The average molecular weight is 250 g/mol. The second-order valence-electron chi connectivity index (χ2n) is 5.26. The molecular formula is C13H16ClN3. The van der Waals surface area contributed by atoms with Crippen LogP contribution >= 0.6 is 11.6 Å². The number of pyridine rings is 1. The standard InChI is InChI=1S/C13H16ClN3/c1-13(4-5-13)9-15-6-11-8-17-7-10(14)2-3-12(17)16-11/h2-3,7-8,15H,4-6,9H2,1H3. The van der Waals surface area contributed by atoms with Gasteiger partial charge < -0.3 is 9.72 Å². The number of rotatable bonds is 4. The van der Waals surface area contributed by atoms with E-state index in [1.54, 1.807) is 0 Å². The van der Waals surface area contributed by atoms with E-state index in [0.717, 1.165) is 29.5 Å². The molecule has 0 bridgehead atoms. The lowest BCUT2D eigenvalue weighted by Crippen LogP contribution is -2.21. The number of hydrogen-bond donors (Lipinski definition) is 1. The van der Waals surface area contributed by atoms with Gasteiger partial charge in [0.15, 0.2) is 0 Å². The third-order valence-corrected chi connectivity index (χ3v) is 3.65. The fourth-order valence-corrected chi connectivity index (χ4v) is 2.15. The third kappa shape index (κ3) is 2.45. The van der Waals surface area contributed by atoms with E-state index in [9.17, 15) is 0 Å². The van der Waals surface area contributed by atoms with Gasteiger partial charge in [-0.2, -0.15) is 0 Å². The zero-order chi connectivity index (χ0) is 11.9. The molecule has 2 aromatic heterocycles. The molecule has 2 heterocycles. The Morgan fingerprint density at radius 1 is 1.41 bits per heavy atom. The van der Waals surface area contributed by atoms with Crippen molar-refractivity contribution in [3.63, 3.8) is 0 Å². The number of fused-ring (bicyclic) bond motifs is 1. The molecule has 0 atom stereocenters. The van der Waals surface area contributed by atoms with E-state index < -0.39 is 0 Å². The van der Waals surface area contributed by atoms with Gasteiger partial charge in [-0.1, -0.05) is 18.5 Å². The van der Waals surface area contributed by atoms with Crippen molar-refractivity contribution in [1.29, 1.82) is 0 Å². The molecule has 1 N–H and O–H groups in total. The van der Waals surface area contributed by atoms with Crippen LogP contribution in [-0.2, 0) is 6.54 Å². The molecule has 17 heavy (non-hydrogen) atoms. The zero-order valence-corrected chi connectivity index (χ0v) is 10.7. The summed E-state index contributed by atoms with van der Waals surface area (Å²) >= 11 is 5.94. The number of nitrogens with one attached hydrogen (secondary N) is 1. The number of imidazole rings is 1. The highest BCUT2D eigenvalue weighted by atomic mass is 35.5. The van der Waals surface area contributed by atoms with E-state index in [1.165, 1.54) is 12.8 Å². The van der Waals surface area contributed by atoms with E-state index in [0.29, 0.717) is 5.41 Å². The van der Waals surface area contributed by atoms with Gasteiger partial charge in [-0.15, -0.1) is 0 Å². The van der Waals surface area contributed by atoms with Gasteiger partial charge >= 0.3 is 0 Å². The fourth-order valence-electron chi connectivity index (χ4n) is 1.98. The zero-order valence-electron chi connectivity index (χ0n) is 9.91. The molecule has 0 saturated heterocycles. The first kappa shape index (κ1) is 11.1. The largest absolute Gasteiger partial charge is 0.311 e. The van der Waals surface area contributed by atoms with Crippen LogP contribution in [0.3, 0.4) is 0 Å². The smallest absolute Gasteiger partial charge is 0.137 e. The van der Waals surface area contributed by atoms with Crippen LogP contribution in [-0.4, -0.2) is 15.9 Å². The van der Waals surface area contributed by atoms with E-state index in [2.05, 4.69) is 17.2 Å². The minimum Gasteiger partial charge on any atom is -0.311 e. The topological polar surface area (TPSA) is 29.3 Å². The van der Waals surface area contributed by atoms with Crippen molar-refractivity contribution in [2.45, 2.75) is 26.3 Å². The predicted molar refractivity (Wildman–Crippen MR) is 69.2 cm³/mol. The first-order valence-electron chi connectivity index (χ1n) is 5.99. The van der Waals surface area contributed by atoms with Gasteiger partial charge in [0, 0.05) is 25.5 Å². The van der Waals surface area contributed by atoms with Gasteiger partial charge in [0.1, 0.15) is 5.65 Å². The maximum absolute atomic E-state index is 5.94. The molecule has 90 valence electrons. The monoisotopic (exact) mass is 249 g/mol. The lowest BCUT2D eigenvalue weighted by atomic mass is 10.1. The van der Waals surface area contributed by atoms with E-state index in [4.69, 9.17) is 11.6 Å². The van der Waals surface area contributed by atoms with Crippen molar-refractivity contribution >= 4 is 17.2 Å². The summed E-state index contributed by atoms with van der Waals surface area (Å²) in [6.45, 7) is 4.24. The molecule has 1 fully saturated rings. The Morgan fingerprint density at radius 2 is 2.24 bits per heavy atom. The molecule has 0 aromatic carbocycles. The predicted octanol–water partition coefficient (Wildman–Crippen LogP) is 2.88. The Bertz CT molecular complexity index is 543. The number of aromatic nitrogens is 2. The van der Waals surface area contributed by atoms with Crippen molar-refractivity contribution in [1.82, 2.24) is 14.7 Å². The average Bonchev–Trinajstić information content (AvgIpc) is 2.88. The van der Waals surface area contributed by atoms with E-state index in [-0.39, 0.29) is 0 Å². The molecule has 3 rings (SSSR count). The summed E-state index contributed by atoms with van der Waals surface area (Å²) in [5.74, 6) is 0. The maximum Gasteiger partial charge on any atom is 0.137 e. The number of hydrogen-bond acceptors (Lipinski definition) is 2. The summed E-state index contributed by atoms with van der Waals surface area (Å²) in [5, 5.41) is 4.21. The second kappa shape index (κ2) is 4.00. The molecule has 0 spiro atoms. The SMILES string of the molecule is CC1(CNCc2cn3cc(Cl)ccc3n2)CC1. The normalized spacial score (nSPS) is 17.5. The second-order valence-corrected chi connectivity index (χ2v) is 5.70. The minimum absolute atomic E-state index is 0.544. The van der Waals surface area contributed by atoms with Crippen molar-refractivity contribution < 1.29 is 0 Å². The van der Waals surface area contributed by atoms with Gasteiger partial charge in [-0.25, -0.2) is 4.98 Å². The van der Waals surface area contributed by atoms with E-state index in [1.807, 2.05) is 28.9 Å². The molecule has 0 unspecified atom stereocenters. The Balaban J connectivity index is 1.68. The summed E-state index contributed by atoms with van der Waals surface area (Å²) in [6.07, 6.45) is 6.61. The number of nitrogens with zero attached hydrogens (tertiary/aromatic N) is 2.